The highest BCUT2D eigenvalue weighted by molar-refractivity contribution is 5.88. The molecule has 0 radical (unpaired) electrons. The smallest absolute Gasteiger partial charge is 0.407 e. The van der Waals surface area contributed by atoms with Gasteiger partial charge in [-0.25, -0.2) is 4.79 Å². The van der Waals surface area contributed by atoms with Gasteiger partial charge in [-0.15, -0.1) is 6.58 Å². The predicted octanol–water partition coefficient (Wildman–Crippen LogP) is 3.65. The topological polar surface area (TPSA) is 95.9 Å². The zero-order valence-electron chi connectivity index (χ0n) is 18.3. The van der Waals surface area contributed by atoms with E-state index in [1.807, 2.05) is 36.4 Å². The summed E-state index contributed by atoms with van der Waals surface area (Å²) in [5.41, 5.74) is 4.44. The molecular weight excluding hydrogens is 408 g/mol. The van der Waals surface area contributed by atoms with Crippen molar-refractivity contribution in [2.24, 2.45) is 5.92 Å². The summed E-state index contributed by atoms with van der Waals surface area (Å²) in [6.45, 7) is 6.85. The molecule has 3 rings (SSSR count). The first-order valence-electron chi connectivity index (χ1n) is 10.6. The Kier molecular flexibility index (Phi) is 7.30. The van der Waals surface area contributed by atoms with E-state index in [9.17, 15) is 14.4 Å². The maximum atomic E-state index is 12.9. The van der Waals surface area contributed by atoms with Crippen molar-refractivity contribution >= 4 is 18.0 Å². The van der Waals surface area contributed by atoms with Gasteiger partial charge in [-0.2, -0.15) is 0 Å². The average Bonchev–Trinajstić information content (AvgIpc) is 3.08. The van der Waals surface area contributed by atoms with E-state index in [0.29, 0.717) is 0 Å². The SMILES string of the molecule is C=CCN(CC(=O)O)C(=O)C(NC(=O)OCC1c2ccccc2-c2ccccc21)C(C)C. The lowest BCUT2D eigenvalue weighted by atomic mass is 9.98. The average molecular weight is 437 g/mol. The summed E-state index contributed by atoms with van der Waals surface area (Å²) in [4.78, 5) is 37.7. The fourth-order valence-corrected chi connectivity index (χ4v) is 4.03. The molecule has 2 aromatic rings. The van der Waals surface area contributed by atoms with Crippen molar-refractivity contribution in [3.05, 3.63) is 72.3 Å². The molecule has 0 spiro atoms. The Morgan fingerprint density at radius 1 is 1.09 bits per heavy atom. The summed E-state index contributed by atoms with van der Waals surface area (Å²) in [6.07, 6.45) is 0.735. The molecule has 1 atom stereocenters. The van der Waals surface area contributed by atoms with Crippen LogP contribution in [0.15, 0.2) is 61.2 Å². The van der Waals surface area contributed by atoms with E-state index >= 15 is 0 Å². The van der Waals surface area contributed by atoms with E-state index in [1.165, 1.54) is 6.08 Å². The zero-order chi connectivity index (χ0) is 23.3. The number of fused-ring (bicyclic) bond motifs is 3. The maximum Gasteiger partial charge on any atom is 0.407 e. The Hall–Kier alpha value is -3.61. The molecule has 7 heteroatoms. The van der Waals surface area contributed by atoms with E-state index in [2.05, 4.69) is 24.0 Å². The lowest BCUT2D eigenvalue weighted by Gasteiger charge is -2.28. The molecule has 0 fully saturated rings. The highest BCUT2D eigenvalue weighted by Gasteiger charge is 2.32. The van der Waals surface area contributed by atoms with Gasteiger partial charge in [0.05, 0.1) is 0 Å². The van der Waals surface area contributed by atoms with Crippen molar-refractivity contribution in [3.63, 3.8) is 0 Å². The molecule has 1 aliphatic carbocycles. The number of ether oxygens (including phenoxy) is 1. The molecule has 2 aromatic carbocycles. The van der Waals surface area contributed by atoms with Crippen molar-refractivity contribution < 1.29 is 24.2 Å². The number of nitrogens with one attached hydrogen (secondary N) is 1. The van der Waals surface area contributed by atoms with Gasteiger partial charge in [0, 0.05) is 12.5 Å². The molecule has 2 amide bonds. The predicted molar refractivity (Wildman–Crippen MR) is 121 cm³/mol. The maximum absolute atomic E-state index is 12.9. The molecule has 168 valence electrons. The van der Waals surface area contributed by atoms with Gasteiger partial charge in [-0.1, -0.05) is 68.5 Å². The summed E-state index contributed by atoms with van der Waals surface area (Å²) >= 11 is 0. The quantitative estimate of drug-likeness (QED) is 0.585. The summed E-state index contributed by atoms with van der Waals surface area (Å²) in [5.74, 6) is -1.98. The molecule has 2 N–H and O–H groups in total. The second-order valence-electron chi connectivity index (χ2n) is 8.09. The fourth-order valence-electron chi connectivity index (χ4n) is 4.03. The molecule has 1 aliphatic rings. The largest absolute Gasteiger partial charge is 0.480 e. The van der Waals surface area contributed by atoms with Gasteiger partial charge in [-0.05, 0) is 28.2 Å². The van der Waals surface area contributed by atoms with Crippen LogP contribution in [0.2, 0.25) is 0 Å². The van der Waals surface area contributed by atoms with Crippen LogP contribution < -0.4 is 5.32 Å². The first-order valence-corrected chi connectivity index (χ1v) is 10.6. The molecular formula is C25H28N2O5. The lowest BCUT2D eigenvalue weighted by molar-refractivity contribution is -0.145. The lowest BCUT2D eigenvalue weighted by Crippen LogP contribution is -2.52. The van der Waals surface area contributed by atoms with E-state index in [1.54, 1.807) is 13.8 Å². The number of benzene rings is 2. The monoisotopic (exact) mass is 436 g/mol. The normalized spacial score (nSPS) is 13.1. The minimum absolute atomic E-state index is 0.0702. The molecule has 0 saturated carbocycles. The van der Waals surface area contributed by atoms with E-state index < -0.39 is 30.6 Å². The van der Waals surface area contributed by atoms with E-state index in [-0.39, 0.29) is 25.0 Å². The van der Waals surface area contributed by atoms with Gasteiger partial charge in [0.2, 0.25) is 5.91 Å². The van der Waals surface area contributed by atoms with Crippen molar-refractivity contribution in [2.75, 3.05) is 19.7 Å². The number of hydrogen-bond acceptors (Lipinski definition) is 4. The number of alkyl carbamates (subject to hydrolysis) is 1. The molecule has 0 aliphatic heterocycles. The number of aliphatic carboxylic acids is 1. The summed E-state index contributed by atoms with van der Waals surface area (Å²) < 4.78 is 5.53. The fraction of sp³-hybridized carbons (Fsp3) is 0.320. The Balaban J connectivity index is 1.69. The van der Waals surface area contributed by atoms with Gasteiger partial charge in [0.25, 0.3) is 0 Å². The van der Waals surface area contributed by atoms with Crippen LogP contribution in [0.25, 0.3) is 11.1 Å². The molecule has 32 heavy (non-hydrogen) atoms. The second-order valence-corrected chi connectivity index (χ2v) is 8.09. The van der Waals surface area contributed by atoms with Gasteiger partial charge in [0.1, 0.15) is 19.2 Å². The minimum Gasteiger partial charge on any atom is -0.480 e. The van der Waals surface area contributed by atoms with E-state index in [0.717, 1.165) is 27.2 Å². The Morgan fingerprint density at radius 2 is 1.66 bits per heavy atom. The molecule has 1 unspecified atom stereocenters. The Labute approximate surface area is 187 Å². The summed E-state index contributed by atoms with van der Waals surface area (Å²) in [6, 6.07) is 15.1. The van der Waals surface area contributed by atoms with Crippen molar-refractivity contribution in [2.45, 2.75) is 25.8 Å². The van der Waals surface area contributed by atoms with Crippen LogP contribution in [0.4, 0.5) is 4.79 Å². The molecule has 0 heterocycles. The minimum atomic E-state index is -1.14. The van der Waals surface area contributed by atoms with Crippen LogP contribution >= 0.6 is 0 Å². The summed E-state index contributed by atoms with van der Waals surface area (Å²) in [7, 11) is 0. The number of rotatable bonds is 9. The van der Waals surface area contributed by atoms with Crippen molar-refractivity contribution in [1.29, 1.82) is 0 Å². The number of carboxylic acid groups (broad SMARTS) is 1. The van der Waals surface area contributed by atoms with Crippen LogP contribution in [0.1, 0.15) is 30.9 Å². The third-order valence-corrected chi connectivity index (χ3v) is 5.54. The van der Waals surface area contributed by atoms with Crippen molar-refractivity contribution in [3.8, 4) is 11.1 Å². The molecule has 0 aromatic heterocycles. The van der Waals surface area contributed by atoms with Crippen LogP contribution in [0, 0.1) is 5.92 Å². The highest BCUT2D eigenvalue weighted by Crippen LogP contribution is 2.44. The molecule has 0 bridgehead atoms. The van der Waals surface area contributed by atoms with Crippen LogP contribution in [0.5, 0.6) is 0 Å². The first-order chi connectivity index (χ1) is 15.3. The van der Waals surface area contributed by atoms with E-state index in [4.69, 9.17) is 9.84 Å². The standard InChI is InChI=1S/C25H28N2O5/c1-4-13-27(14-22(28)29)24(30)23(16(2)3)26-25(31)32-15-21-19-11-7-5-9-17(19)18-10-6-8-12-20(18)21/h4-12,16,21,23H,1,13-15H2,2-3H3,(H,26,31)(H,28,29). The molecule has 7 nitrogen and oxygen atoms in total. The summed E-state index contributed by atoms with van der Waals surface area (Å²) in [5, 5.41) is 11.7. The van der Waals surface area contributed by atoms with Gasteiger partial charge in [-0.3, -0.25) is 9.59 Å². The number of carbonyl (C=O) groups excluding carboxylic acids is 2. The zero-order valence-corrected chi connectivity index (χ0v) is 18.3. The Bertz CT molecular complexity index is 971. The van der Waals surface area contributed by atoms with Gasteiger partial charge >= 0.3 is 12.1 Å². The van der Waals surface area contributed by atoms with Crippen molar-refractivity contribution in [1.82, 2.24) is 10.2 Å². The number of nitrogens with zero attached hydrogens (tertiary/aromatic N) is 1. The number of amides is 2. The number of carbonyl (C=O) groups is 3. The van der Waals surface area contributed by atoms with Crippen LogP contribution in [0.3, 0.4) is 0 Å². The Morgan fingerprint density at radius 3 is 2.16 bits per heavy atom. The number of hydrogen-bond donors (Lipinski definition) is 2. The van der Waals surface area contributed by atoms with Crippen LogP contribution in [-0.2, 0) is 14.3 Å². The third-order valence-electron chi connectivity index (χ3n) is 5.54. The number of carboxylic acids is 1. The third kappa shape index (κ3) is 4.99. The first kappa shape index (κ1) is 23.1. The van der Waals surface area contributed by atoms with Crippen LogP contribution in [-0.4, -0.2) is 53.7 Å². The van der Waals surface area contributed by atoms with Gasteiger partial charge in [0.15, 0.2) is 0 Å². The molecule has 0 saturated heterocycles. The van der Waals surface area contributed by atoms with Gasteiger partial charge < -0.3 is 20.1 Å². The highest BCUT2D eigenvalue weighted by atomic mass is 16.5. The second kappa shape index (κ2) is 10.1.